The van der Waals surface area contributed by atoms with Gasteiger partial charge < -0.3 is 4.90 Å². The average Bonchev–Trinajstić information content (AvgIpc) is 3.16. The summed E-state index contributed by atoms with van der Waals surface area (Å²) in [5, 5.41) is 4.19. The molecule has 2 aliphatic rings. The first-order chi connectivity index (χ1) is 13.3. The summed E-state index contributed by atoms with van der Waals surface area (Å²) in [4.78, 5) is 20.0. The Kier molecular flexibility index (Phi) is 7.30. The minimum Gasteiger partial charge on any atom is -0.339 e. The van der Waals surface area contributed by atoms with Crippen LogP contribution in [0.3, 0.4) is 0 Å². The maximum Gasteiger partial charge on any atom is 0.319 e. The monoisotopic (exact) mass is 422 g/mol. The second-order valence-corrected chi connectivity index (χ2v) is 8.18. The van der Waals surface area contributed by atoms with Crippen LogP contribution >= 0.6 is 11.3 Å². The van der Waals surface area contributed by atoms with Crippen molar-refractivity contribution in [3.8, 4) is 0 Å². The Balaban J connectivity index is 1.36. The molecule has 28 heavy (non-hydrogen) atoms. The summed E-state index contributed by atoms with van der Waals surface area (Å²) in [5.74, 6) is -3.94. The molecule has 0 bridgehead atoms. The van der Waals surface area contributed by atoms with Crippen molar-refractivity contribution < 1.29 is 22.4 Å². The van der Waals surface area contributed by atoms with Gasteiger partial charge in [0.2, 0.25) is 5.91 Å². The van der Waals surface area contributed by atoms with E-state index in [1.54, 1.807) is 11.3 Å². The van der Waals surface area contributed by atoms with Crippen LogP contribution in [0.4, 0.5) is 17.6 Å². The molecule has 0 aromatic carbocycles. The van der Waals surface area contributed by atoms with Crippen LogP contribution in [-0.2, 0) is 11.3 Å². The standard InChI is InChI=1S/C18H26F4N4OS/c19-17(20)18(21,22)14-25-4-2-24(3-5-25)12-16(27)26-8-6-23(7-9-26)11-15-1-10-28-13-15/h1,10,13,17H,2-9,11-12,14H2. The van der Waals surface area contributed by atoms with E-state index in [0.29, 0.717) is 26.2 Å². The molecule has 1 amide bonds. The smallest absolute Gasteiger partial charge is 0.319 e. The van der Waals surface area contributed by atoms with Gasteiger partial charge in [-0.2, -0.15) is 20.1 Å². The Bertz CT molecular complexity index is 615. The van der Waals surface area contributed by atoms with Gasteiger partial charge in [-0.05, 0) is 22.4 Å². The molecule has 5 nitrogen and oxygen atoms in total. The van der Waals surface area contributed by atoms with Crippen LogP contribution in [0.1, 0.15) is 5.56 Å². The van der Waals surface area contributed by atoms with Crippen molar-refractivity contribution >= 4 is 17.2 Å². The number of alkyl halides is 4. The fourth-order valence-corrected chi connectivity index (χ4v) is 4.22. The number of halogens is 4. The average molecular weight is 422 g/mol. The molecule has 0 atom stereocenters. The summed E-state index contributed by atoms with van der Waals surface area (Å²) < 4.78 is 51.0. The molecule has 2 fully saturated rings. The van der Waals surface area contributed by atoms with Gasteiger partial charge in [-0.1, -0.05) is 0 Å². The van der Waals surface area contributed by atoms with E-state index in [1.165, 1.54) is 10.5 Å². The molecule has 1 aromatic heterocycles. The number of piperazine rings is 2. The number of hydrogen-bond donors (Lipinski definition) is 0. The highest BCUT2D eigenvalue weighted by Crippen LogP contribution is 2.24. The van der Waals surface area contributed by atoms with Gasteiger partial charge in [0.1, 0.15) is 0 Å². The van der Waals surface area contributed by atoms with E-state index in [1.807, 2.05) is 9.80 Å². The first-order valence-corrected chi connectivity index (χ1v) is 10.4. The van der Waals surface area contributed by atoms with Crippen molar-refractivity contribution in [2.45, 2.75) is 18.9 Å². The third-order valence-corrected chi connectivity index (χ3v) is 6.02. The minimum absolute atomic E-state index is 0.0431. The maximum absolute atomic E-state index is 13.2. The molecular weight excluding hydrogens is 396 g/mol. The highest BCUT2D eigenvalue weighted by atomic mass is 32.1. The van der Waals surface area contributed by atoms with E-state index in [2.05, 4.69) is 21.7 Å². The van der Waals surface area contributed by atoms with Crippen molar-refractivity contribution in [2.75, 3.05) is 65.4 Å². The van der Waals surface area contributed by atoms with Crippen LogP contribution in [0.25, 0.3) is 0 Å². The van der Waals surface area contributed by atoms with E-state index in [4.69, 9.17) is 0 Å². The molecule has 158 valence electrons. The van der Waals surface area contributed by atoms with E-state index >= 15 is 0 Å². The lowest BCUT2D eigenvalue weighted by molar-refractivity contribution is -0.146. The zero-order valence-electron chi connectivity index (χ0n) is 15.7. The van der Waals surface area contributed by atoms with Gasteiger partial charge in [-0.15, -0.1) is 0 Å². The molecule has 3 rings (SSSR count). The van der Waals surface area contributed by atoms with E-state index in [9.17, 15) is 22.4 Å². The highest BCUT2D eigenvalue weighted by Gasteiger charge is 2.42. The Labute approximate surface area is 166 Å². The lowest BCUT2D eigenvalue weighted by atomic mass is 10.2. The number of carbonyl (C=O) groups excluding carboxylic acids is 1. The van der Waals surface area contributed by atoms with Gasteiger partial charge in [-0.25, -0.2) is 8.78 Å². The topological polar surface area (TPSA) is 30.0 Å². The SMILES string of the molecule is O=C(CN1CCN(CC(F)(F)C(F)F)CC1)N1CCN(Cc2ccsc2)CC1. The molecule has 10 heteroatoms. The van der Waals surface area contributed by atoms with E-state index in [0.717, 1.165) is 19.6 Å². The molecular formula is C18H26F4N4OS. The second-order valence-electron chi connectivity index (χ2n) is 7.40. The number of rotatable bonds is 7. The molecule has 3 heterocycles. The normalized spacial score (nSPS) is 20.8. The molecule has 1 aromatic rings. The predicted octanol–water partition coefficient (Wildman–Crippen LogP) is 1.91. The number of thiophene rings is 1. The summed E-state index contributed by atoms with van der Waals surface area (Å²) >= 11 is 1.68. The van der Waals surface area contributed by atoms with Crippen molar-refractivity contribution in [2.24, 2.45) is 0 Å². The first-order valence-electron chi connectivity index (χ1n) is 9.45. The summed E-state index contributed by atoms with van der Waals surface area (Å²) in [7, 11) is 0. The third kappa shape index (κ3) is 5.88. The van der Waals surface area contributed by atoms with Crippen molar-refractivity contribution in [3.63, 3.8) is 0 Å². The second kappa shape index (κ2) is 9.51. The molecule has 0 spiro atoms. The van der Waals surface area contributed by atoms with Gasteiger partial charge in [0.05, 0.1) is 13.1 Å². The van der Waals surface area contributed by atoms with Crippen LogP contribution in [0.2, 0.25) is 0 Å². The van der Waals surface area contributed by atoms with Gasteiger partial charge in [0.25, 0.3) is 0 Å². The van der Waals surface area contributed by atoms with E-state index < -0.39 is 18.9 Å². The Morgan fingerprint density at radius 3 is 2.18 bits per heavy atom. The summed E-state index contributed by atoms with van der Waals surface area (Å²) in [6.07, 6.45) is -3.65. The van der Waals surface area contributed by atoms with E-state index in [-0.39, 0.29) is 25.5 Å². The minimum atomic E-state index is -3.99. The van der Waals surface area contributed by atoms with Gasteiger partial charge >= 0.3 is 12.3 Å². The highest BCUT2D eigenvalue weighted by molar-refractivity contribution is 7.07. The van der Waals surface area contributed by atoms with Crippen molar-refractivity contribution in [3.05, 3.63) is 22.4 Å². The van der Waals surface area contributed by atoms with Crippen LogP contribution in [0.15, 0.2) is 16.8 Å². The van der Waals surface area contributed by atoms with Crippen LogP contribution in [-0.4, -0.2) is 103 Å². The Hall–Kier alpha value is -1.23. The molecule has 2 aliphatic heterocycles. The molecule has 2 saturated heterocycles. The first kappa shape index (κ1) is 21.5. The largest absolute Gasteiger partial charge is 0.339 e. The van der Waals surface area contributed by atoms with Gasteiger partial charge in [0.15, 0.2) is 0 Å². The summed E-state index contributed by atoms with van der Waals surface area (Å²) in [5.41, 5.74) is 1.29. The maximum atomic E-state index is 13.2. The van der Waals surface area contributed by atoms with Gasteiger partial charge in [-0.3, -0.25) is 19.5 Å². The number of hydrogen-bond acceptors (Lipinski definition) is 5. The van der Waals surface area contributed by atoms with Crippen LogP contribution < -0.4 is 0 Å². The fraction of sp³-hybridized carbons (Fsp3) is 0.722. The number of amides is 1. The number of nitrogens with zero attached hydrogens (tertiary/aromatic N) is 4. The zero-order chi connectivity index (χ0) is 20.1. The Morgan fingerprint density at radius 2 is 1.61 bits per heavy atom. The summed E-state index contributed by atoms with van der Waals surface area (Å²) in [6, 6.07) is 2.11. The number of carbonyl (C=O) groups is 1. The predicted molar refractivity (Wildman–Crippen MR) is 100 cm³/mol. The van der Waals surface area contributed by atoms with Crippen molar-refractivity contribution in [1.82, 2.24) is 19.6 Å². The Morgan fingerprint density at radius 1 is 1.00 bits per heavy atom. The fourth-order valence-electron chi connectivity index (χ4n) is 3.56. The van der Waals surface area contributed by atoms with Crippen LogP contribution in [0.5, 0.6) is 0 Å². The lowest BCUT2D eigenvalue weighted by Crippen LogP contribution is -2.55. The quantitative estimate of drug-likeness (QED) is 0.628. The molecule has 0 aliphatic carbocycles. The molecule has 0 N–H and O–H groups in total. The lowest BCUT2D eigenvalue weighted by Gasteiger charge is -2.38. The van der Waals surface area contributed by atoms with Gasteiger partial charge in [0, 0.05) is 58.9 Å². The zero-order valence-corrected chi connectivity index (χ0v) is 16.5. The van der Waals surface area contributed by atoms with Crippen molar-refractivity contribution in [1.29, 1.82) is 0 Å². The van der Waals surface area contributed by atoms with Crippen LogP contribution in [0, 0.1) is 0 Å². The molecule has 0 saturated carbocycles. The molecule has 0 radical (unpaired) electrons. The third-order valence-electron chi connectivity index (χ3n) is 5.29. The molecule has 0 unspecified atom stereocenters. The summed E-state index contributed by atoms with van der Waals surface area (Å²) in [6.45, 7) is 4.66.